The molecule has 0 aliphatic heterocycles. The van der Waals surface area contributed by atoms with E-state index >= 15 is 0 Å². The summed E-state index contributed by atoms with van der Waals surface area (Å²) in [5.41, 5.74) is 1.31. The first-order chi connectivity index (χ1) is 14.4. The van der Waals surface area contributed by atoms with Crippen LogP contribution >= 0.6 is 0 Å². The van der Waals surface area contributed by atoms with Gasteiger partial charge in [-0.3, -0.25) is 9.10 Å². The average Bonchev–Trinajstić information content (AvgIpc) is 2.78. The Bertz CT molecular complexity index is 1070. The van der Waals surface area contributed by atoms with E-state index in [1.165, 1.54) is 19.2 Å². The predicted molar refractivity (Wildman–Crippen MR) is 117 cm³/mol. The quantitative estimate of drug-likeness (QED) is 0.597. The van der Waals surface area contributed by atoms with Crippen molar-refractivity contribution in [2.24, 2.45) is 0 Å². The summed E-state index contributed by atoms with van der Waals surface area (Å²) in [7, 11) is -2.40. The molecule has 3 aromatic carbocycles. The number of nitrogens with zero attached hydrogens (tertiary/aromatic N) is 1. The summed E-state index contributed by atoms with van der Waals surface area (Å²) in [4.78, 5) is 12.9. The van der Waals surface area contributed by atoms with Gasteiger partial charge in [-0.25, -0.2) is 8.42 Å². The van der Waals surface area contributed by atoms with E-state index < -0.39 is 15.9 Å². The van der Waals surface area contributed by atoms with Gasteiger partial charge in [0.2, 0.25) is 5.91 Å². The lowest BCUT2D eigenvalue weighted by Crippen LogP contribution is -2.41. The van der Waals surface area contributed by atoms with Crippen LogP contribution in [-0.2, 0) is 14.8 Å². The first-order valence-electron chi connectivity index (χ1n) is 9.48. The molecule has 1 atom stereocenters. The molecule has 0 spiro atoms. The number of anilines is 1. The highest BCUT2D eigenvalue weighted by Crippen LogP contribution is 2.25. The molecule has 0 radical (unpaired) electrons. The number of rotatable bonds is 8. The summed E-state index contributed by atoms with van der Waals surface area (Å²) in [5.74, 6) is 0.194. The molecular weight excluding hydrogens is 400 g/mol. The van der Waals surface area contributed by atoms with Crippen molar-refractivity contribution < 1.29 is 17.9 Å². The Hall–Kier alpha value is -3.32. The van der Waals surface area contributed by atoms with Gasteiger partial charge in [-0.15, -0.1) is 0 Å². The van der Waals surface area contributed by atoms with Gasteiger partial charge >= 0.3 is 0 Å². The highest BCUT2D eigenvalue weighted by atomic mass is 32.2. The summed E-state index contributed by atoms with van der Waals surface area (Å²) < 4.78 is 32.8. The number of hydrogen-bond donors (Lipinski definition) is 1. The first kappa shape index (κ1) is 21.4. The molecular formula is C23H24N2O4S. The molecule has 156 valence electrons. The van der Waals surface area contributed by atoms with Gasteiger partial charge in [0.1, 0.15) is 12.3 Å². The van der Waals surface area contributed by atoms with E-state index in [0.717, 1.165) is 9.87 Å². The van der Waals surface area contributed by atoms with Crippen molar-refractivity contribution in [3.8, 4) is 5.75 Å². The lowest BCUT2D eigenvalue weighted by atomic mass is 10.1. The molecule has 3 rings (SSSR count). The van der Waals surface area contributed by atoms with Crippen LogP contribution in [0.1, 0.15) is 18.5 Å². The third-order valence-electron chi connectivity index (χ3n) is 4.66. The van der Waals surface area contributed by atoms with Crippen LogP contribution in [0, 0.1) is 0 Å². The molecule has 0 saturated heterocycles. The summed E-state index contributed by atoms with van der Waals surface area (Å²) in [6, 6.07) is 23.9. The fourth-order valence-electron chi connectivity index (χ4n) is 3.03. The van der Waals surface area contributed by atoms with Crippen molar-refractivity contribution in [1.29, 1.82) is 0 Å². The maximum absolute atomic E-state index is 13.3. The zero-order valence-electron chi connectivity index (χ0n) is 16.9. The van der Waals surface area contributed by atoms with Gasteiger partial charge in [-0.1, -0.05) is 48.5 Å². The molecule has 0 aliphatic rings. The SMILES string of the molecule is COc1ccc(N(CC(=O)N[C@@H](C)c2ccccc2)S(=O)(=O)c2ccccc2)cc1. The van der Waals surface area contributed by atoms with Crippen LogP contribution in [0.15, 0.2) is 89.8 Å². The molecule has 1 amide bonds. The van der Waals surface area contributed by atoms with Crippen LogP contribution in [0.4, 0.5) is 5.69 Å². The number of methoxy groups -OCH3 is 1. The second kappa shape index (κ2) is 9.45. The number of amides is 1. The number of sulfonamides is 1. The van der Waals surface area contributed by atoms with Crippen LogP contribution in [0.2, 0.25) is 0 Å². The van der Waals surface area contributed by atoms with E-state index in [9.17, 15) is 13.2 Å². The van der Waals surface area contributed by atoms with Gasteiger partial charge in [0.25, 0.3) is 10.0 Å². The lowest BCUT2D eigenvalue weighted by Gasteiger charge is -2.25. The minimum absolute atomic E-state index is 0.115. The third-order valence-corrected chi connectivity index (χ3v) is 6.44. The summed E-state index contributed by atoms with van der Waals surface area (Å²) in [6.45, 7) is 1.51. The molecule has 30 heavy (non-hydrogen) atoms. The largest absolute Gasteiger partial charge is 0.497 e. The van der Waals surface area contributed by atoms with Crippen molar-refractivity contribution in [2.45, 2.75) is 17.9 Å². The normalized spacial score (nSPS) is 12.1. The first-order valence-corrected chi connectivity index (χ1v) is 10.9. The predicted octanol–water partition coefficient (Wildman–Crippen LogP) is 3.77. The van der Waals surface area contributed by atoms with Crippen molar-refractivity contribution >= 4 is 21.6 Å². The molecule has 0 fully saturated rings. The number of carbonyl (C=O) groups excluding carboxylic acids is 1. The maximum Gasteiger partial charge on any atom is 0.264 e. The molecule has 0 aromatic heterocycles. The third kappa shape index (κ3) is 4.99. The van der Waals surface area contributed by atoms with Gasteiger partial charge in [-0.05, 0) is 48.9 Å². The standard InChI is InChI=1S/C23H24N2O4S/c1-18(19-9-5-3-6-10-19)24-23(26)17-25(20-13-15-21(29-2)16-14-20)30(27,28)22-11-7-4-8-12-22/h3-16,18H,17H2,1-2H3,(H,24,26)/t18-/m0/s1. The van der Waals surface area contributed by atoms with Gasteiger partial charge in [0.05, 0.1) is 23.7 Å². The second-order valence-corrected chi connectivity index (χ2v) is 8.58. The Morgan fingerprint density at radius 1 is 0.933 bits per heavy atom. The second-order valence-electron chi connectivity index (χ2n) is 6.72. The van der Waals surface area contributed by atoms with Crippen LogP contribution in [0.5, 0.6) is 5.75 Å². The Labute approximate surface area is 177 Å². The monoisotopic (exact) mass is 424 g/mol. The topological polar surface area (TPSA) is 75.7 Å². The Morgan fingerprint density at radius 2 is 1.50 bits per heavy atom. The molecule has 1 N–H and O–H groups in total. The molecule has 6 nitrogen and oxygen atoms in total. The van der Waals surface area contributed by atoms with Crippen LogP contribution in [0.3, 0.4) is 0 Å². The fourth-order valence-corrected chi connectivity index (χ4v) is 4.47. The van der Waals surface area contributed by atoms with Crippen molar-refractivity contribution in [1.82, 2.24) is 5.32 Å². The smallest absolute Gasteiger partial charge is 0.264 e. The molecule has 7 heteroatoms. The van der Waals surface area contributed by atoms with Crippen LogP contribution in [-0.4, -0.2) is 28.0 Å². The van der Waals surface area contributed by atoms with Crippen LogP contribution < -0.4 is 14.4 Å². The molecule has 0 aliphatic carbocycles. The van der Waals surface area contributed by atoms with Crippen molar-refractivity contribution in [3.63, 3.8) is 0 Å². The van der Waals surface area contributed by atoms with E-state index in [2.05, 4.69) is 5.32 Å². The summed E-state index contributed by atoms with van der Waals surface area (Å²) >= 11 is 0. The van der Waals surface area contributed by atoms with E-state index in [-0.39, 0.29) is 17.5 Å². The fraction of sp³-hybridized carbons (Fsp3) is 0.174. The van der Waals surface area contributed by atoms with E-state index in [4.69, 9.17) is 4.74 Å². The number of ether oxygens (including phenoxy) is 1. The Kier molecular flexibility index (Phi) is 6.74. The minimum atomic E-state index is -3.94. The van der Waals surface area contributed by atoms with Gasteiger partial charge in [0.15, 0.2) is 0 Å². The Morgan fingerprint density at radius 3 is 2.07 bits per heavy atom. The molecule has 0 heterocycles. The summed E-state index contributed by atoms with van der Waals surface area (Å²) in [6.07, 6.45) is 0. The Balaban J connectivity index is 1.88. The molecule has 0 bridgehead atoms. The number of carbonyl (C=O) groups is 1. The van der Waals surface area contributed by atoms with Gasteiger partial charge in [0, 0.05) is 0 Å². The zero-order valence-corrected chi connectivity index (χ0v) is 17.7. The van der Waals surface area contributed by atoms with Gasteiger partial charge < -0.3 is 10.1 Å². The minimum Gasteiger partial charge on any atom is -0.497 e. The van der Waals surface area contributed by atoms with E-state index in [0.29, 0.717) is 11.4 Å². The lowest BCUT2D eigenvalue weighted by molar-refractivity contribution is -0.120. The maximum atomic E-state index is 13.3. The van der Waals surface area contributed by atoms with Crippen molar-refractivity contribution in [3.05, 3.63) is 90.5 Å². The van der Waals surface area contributed by atoms with Crippen LogP contribution in [0.25, 0.3) is 0 Å². The molecule has 0 saturated carbocycles. The van der Waals surface area contributed by atoms with E-state index in [1.54, 1.807) is 42.5 Å². The zero-order chi connectivity index (χ0) is 21.6. The average molecular weight is 425 g/mol. The molecule has 0 unspecified atom stereocenters. The number of hydrogen-bond acceptors (Lipinski definition) is 4. The summed E-state index contributed by atoms with van der Waals surface area (Å²) in [5, 5.41) is 2.87. The highest BCUT2D eigenvalue weighted by Gasteiger charge is 2.27. The number of benzene rings is 3. The molecule has 3 aromatic rings. The van der Waals surface area contributed by atoms with E-state index in [1.807, 2.05) is 37.3 Å². The van der Waals surface area contributed by atoms with Crippen molar-refractivity contribution in [2.75, 3.05) is 18.0 Å². The van der Waals surface area contributed by atoms with Gasteiger partial charge in [-0.2, -0.15) is 0 Å². The highest BCUT2D eigenvalue weighted by molar-refractivity contribution is 7.92. The number of nitrogens with one attached hydrogen (secondary N) is 1.